The Balaban J connectivity index is 0.971. The number of piperidine rings is 2. The van der Waals surface area contributed by atoms with Gasteiger partial charge in [0.05, 0.1) is 6.07 Å². The summed E-state index contributed by atoms with van der Waals surface area (Å²) in [6.45, 7) is 2.58. The summed E-state index contributed by atoms with van der Waals surface area (Å²) >= 11 is 0. The predicted octanol–water partition coefficient (Wildman–Crippen LogP) is 3.25. The largest absolute Gasteiger partial charge is 0.489 e. The molecule has 1 N–H and O–H groups in total. The number of amides is 4. The number of imide groups is 1. The molecule has 3 saturated heterocycles. The second-order valence-electron chi connectivity index (χ2n) is 13.9. The van der Waals surface area contributed by atoms with Crippen LogP contribution in [0.2, 0.25) is 0 Å². The molecule has 3 atom stereocenters. The van der Waals surface area contributed by atoms with Crippen LogP contribution in [0.5, 0.6) is 5.75 Å². The van der Waals surface area contributed by atoms with E-state index in [1.807, 2.05) is 9.80 Å². The molecule has 45 heavy (non-hydrogen) atoms. The van der Waals surface area contributed by atoms with Crippen LogP contribution in [0, 0.1) is 28.6 Å². The molecule has 4 heterocycles. The van der Waals surface area contributed by atoms with E-state index in [1.165, 1.54) is 4.90 Å². The second kappa shape index (κ2) is 11.3. The van der Waals surface area contributed by atoms with Crippen LogP contribution in [0.15, 0.2) is 18.2 Å². The van der Waals surface area contributed by atoms with E-state index in [2.05, 4.69) is 11.4 Å². The van der Waals surface area contributed by atoms with Gasteiger partial charge in [0.1, 0.15) is 29.4 Å². The van der Waals surface area contributed by atoms with E-state index in [0.29, 0.717) is 80.6 Å². The van der Waals surface area contributed by atoms with Crippen LogP contribution < -0.4 is 10.1 Å². The average molecular weight is 624 g/mol. The fourth-order valence-corrected chi connectivity index (χ4v) is 8.40. The highest BCUT2D eigenvalue weighted by Gasteiger charge is 2.55. The first-order valence-corrected chi connectivity index (χ1v) is 16.4. The van der Waals surface area contributed by atoms with Crippen molar-refractivity contribution in [1.82, 2.24) is 20.0 Å². The Kier molecular flexibility index (Phi) is 7.58. The Bertz CT molecular complexity index is 1440. The van der Waals surface area contributed by atoms with E-state index < -0.39 is 35.4 Å². The van der Waals surface area contributed by atoms with E-state index in [0.717, 1.165) is 19.3 Å². The van der Waals surface area contributed by atoms with Gasteiger partial charge in [-0.05, 0) is 87.0 Å². The number of alkyl halides is 2. The van der Waals surface area contributed by atoms with Crippen LogP contribution in [0.25, 0.3) is 0 Å². The zero-order valence-electron chi connectivity index (χ0n) is 25.3. The number of ether oxygens (including phenoxy) is 1. The minimum absolute atomic E-state index is 0.0358. The number of halogens is 2. The first-order valence-electron chi connectivity index (χ1n) is 16.4. The van der Waals surface area contributed by atoms with E-state index in [1.54, 1.807) is 18.2 Å². The Hall–Kier alpha value is -3.59. The minimum Gasteiger partial charge on any atom is -0.489 e. The van der Waals surface area contributed by atoms with E-state index in [4.69, 9.17) is 4.74 Å². The molecule has 7 rings (SSSR count). The van der Waals surface area contributed by atoms with Crippen molar-refractivity contribution in [1.29, 1.82) is 5.26 Å². The summed E-state index contributed by atoms with van der Waals surface area (Å²) in [6.07, 6.45) is 4.26. The lowest BCUT2D eigenvalue weighted by molar-refractivity contribution is -0.173. The van der Waals surface area contributed by atoms with Gasteiger partial charge in [-0.25, -0.2) is 8.78 Å². The lowest BCUT2D eigenvalue weighted by atomic mass is 9.68. The van der Waals surface area contributed by atoms with Gasteiger partial charge in [-0.3, -0.25) is 29.4 Å². The number of hydrogen-bond donors (Lipinski definition) is 1. The topological polar surface area (TPSA) is 123 Å². The molecule has 0 spiro atoms. The number of nitrogens with zero attached hydrogens (tertiary/aromatic N) is 4. The van der Waals surface area contributed by atoms with Gasteiger partial charge in [-0.1, -0.05) is 0 Å². The highest BCUT2D eigenvalue weighted by molar-refractivity contribution is 6.05. The highest BCUT2D eigenvalue weighted by atomic mass is 19.3. The number of carbonyl (C=O) groups excluding carboxylic acids is 4. The number of carbonyl (C=O) groups is 4. The number of nitrogens with one attached hydrogen (secondary N) is 1. The molecule has 5 fully saturated rings. The maximum absolute atomic E-state index is 15.5. The molecule has 0 aromatic heterocycles. The molecule has 1 unspecified atom stereocenters. The summed E-state index contributed by atoms with van der Waals surface area (Å²) in [7, 11) is 0. The Morgan fingerprint density at radius 2 is 1.76 bits per heavy atom. The molecule has 12 heteroatoms. The van der Waals surface area contributed by atoms with Crippen LogP contribution in [-0.4, -0.2) is 88.6 Å². The van der Waals surface area contributed by atoms with Gasteiger partial charge in [0, 0.05) is 51.1 Å². The maximum Gasteiger partial charge on any atom is 0.266 e. The monoisotopic (exact) mass is 623 g/mol. The SMILES string of the molecule is N#CC1(C(=O)N2CCC(C3CN([C@H]4[C@H](Oc5ccc6c(c5)CN(C5CCC(=O)NC5=O)C6=O)CCCC4(F)F)C3)CC2)CCC1. The fourth-order valence-electron chi connectivity index (χ4n) is 8.40. The summed E-state index contributed by atoms with van der Waals surface area (Å²) in [6, 6.07) is 5.47. The van der Waals surface area contributed by atoms with Crippen molar-refractivity contribution in [3.8, 4) is 11.8 Å². The van der Waals surface area contributed by atoms with Crippen LogP contribution in [0.3, 0.4) is 0 Å². The lowest BCUT2D eigenvalue weighted by Crippen LogP contribution is -2.66. The third kappa shape index (κ3) is 5.27. The van der Waals surface area contributed by atoms with E-state index in [-0.39, 0.29) is 43.5 Å². The molecular weight excluding hydrogens is 584 g/mol. The normalized spacial score (nSPS) is 30.2. The summed E-state index contributed by atoms with van der Waals surface area (Å²) in [5.41, 5.74) is 0.294. The van der Waals surface area contributed by atoms with Crippen molar-refractivity contribution in [3.63, 3.8) is 0 Å². The summed E-state index contributed by atoms with van der Waals surface area (Å²) < 4.78 is 37.2. The molecule has 0 bridgehead atoms. The highest BCUT2D eigenvalue weighted by Crippen LogP contribution is 2.45. The van der Waals surface area contributed by atoms with Crippen molar-refractivity contribution in [2.45, 2.75) is 94.9 Å². The van der Waals surface area contributed by atoms with Crippen LogP contribution in [0.1, 0.15) is 80.1 Å². The lowest BCUT2D eigenvalue weighted by Gasteiger charge is -2.53. The Morgan fingerprint density at radius 3 is 2.42 bits per heavy atom. The van der Waals surface area contributed by atoms with Gasteiger partial charge < -0.3 is 14.5 Å². The average Bonchev–Trinajstić information content (AvgIpc) is 3.28. The van der Waals surface area contributed by atoms with Gasteiger partial charge in [0.2, 0.25) is 17.7 Å². The number of nitriles is 1. The second-order valence-corrected chi connectivity index (χ2v) is 13.9. The van der Waals surface area contributed by atoms with Crippen LogP contribution >= 0.6 is 0 Å². The zero-order valence-corrected chi connectivity index (χ0v) is 25.3. The third-order valence-electron chi connectivity index (χ3n) is 11.2. The standard InChI is InChI=1S/C33H39F2N5O5/c34-33(35)12-1-3-26(45-23-4-5-24-21(15-23)18-40(30(24)43)25-6-7-27(41)37-29(25)42)28(33)39-16-22(17-39)20-8-13-38(14-9-20)31(44)32(19-36)10-2-11-32/h4-5,15,20,22,25-26,28H,1-3,6-14,16-18H2,(H,37,41,42)/t25?,26-,28+/m1/s1. The molecular formula is C33H39F2N5O5. The van der Waals surface area contributed by atoms with Gasteiger partial charge in [-0.15, -0.1) is 0 Å². The van der Waals surface area contributed by atoms with E-state index in [9.17, 15) is 24.4 Å². The van der Waals surface area contributed by atoms with Crippen molar-refractivity contribution in [2.24, 2.45) is 17.3 Å². The molecule has 240 valence electrons. The molecule has 0 radical (unpaired) electrons. The summed E-state index contributed by atoms with van der Waals surface area (Å²) in [5, 5.41) is 11.8. The molecule has 1 aromatic rings. The smallest absolute Gasteiger partial charge is 0.266 e. The van der Waals surface area contributed by atoms with Gasteiger partial charge in [0.15, 0.2) is 0 Å². The third-order valence-corrected chi connectivity index (χ3v) is 11.2. The summed E-state index contributed by atoms with van der Waals surface area (Å²) in [4.78, 5) is 55.1. The summed E-state index contributed by atoms with van der Waals surface area (Å²) in [5.74, 6) is -2.97. The van der Waals surface area contributed by atoms with E-state index >= 15 is 8.78 Å². The number of rotatable bonds is 6. The minimum atomic E-state index is -2.90. The van der Waals surface area contributed by atoms with Crippen LogP contribution in [0.4, 0.5) is 8.78 Å². The predicted molar refractivity (Wildman–Crippen MR) is 156 cm³/mol. The van der Waals surface area contributed by atoms with Crippen molar-refractivity contribution in [2.75, 3.05) is 26.2 Å². The molecule has 4 aliphatic heterocycles. The maximum atomic E-state index is 15.5. The van der Waals surface area contributed by atoms with Crippen molar-refractivity contribution >= 4 is 23.6 Å². The van der Waals surface area contributed by atoms with Crippen LogP contribution in [-0.2, 0) is 20.9 Å². The molecule has 6 aliphatic rings. The number of hydrogen-bond acceptors (Lipinski definition) is 7. The molecule has 4 amide bonds. The molecule has 2 aliphatic carbocycles. The first-order chi connectivity index (χ1) is 21.6. The van der Waals surface area contributed by atoms with Crippen molar-refractivity contribution in [3.05, 3.63) is 29.3 Å². The molecule has 10 nitrogen and oxygen atoms in total. The fraction of sp³-hybridized carbons (Fsp3) is 0.667. The zero-order chi connectivity index (χ0) is 31.5. The first kappa shape index (κ1) is 30.1. The number of likely N-dealkylation sites (tertiary alicyclic amines) is 2. The Morgan fingerprint density at radius 1 is 1.00 bits per heavy atom. The molecule has 2 saturated carbocycles. The Labute approximate surface area is 261 Å². The van der Waals surface area contributed by atoms with Crippen molar-refractivity contribution < 1.29 is 32.7 Å². The molecule has 1 aromatic carbocycles. The number of fused-ring (bicyclic) bond motifs is 1. The quantitative estimate of drug-likeness (QED) is 0.483. The van der Waals surface area contributed by atoms with Gasteiger partial charge in [0.25, 0.3) is 11.8 Å². The van der Waals surface area contributed by atoms with Gasteiger partial charge >= 0.3 is 0 Å². The van der Waals surface area contributed by atoms with Gasteiger partial charge in [-0.2, -0.15) is 5.26 Å². The number of benzene rings is 1.